The highest BCUT2D eigenvalue weighted by molar-refractivity contribution is 9.10. The summed E-state index contributed by atoms with van der Waals surface area (Å²) >= 11 is 9.42. The average molecular weight is 369 g/mol. The van der Waals surface area contributed by atoms with Gasteiger partial charge in [-0.1, -0.05) is 23.7 Å². The first-order valence-electron chi connectivity index (χ1n) is 6.70. The zero-order valence-electron chi connectivity index (χ0n) is 11.5. The Labute approximate surface area is 137 Å². The van der Waals surface area contributed by atoms with Gasteiger partial charge in [-0.3, -0.25) is 0 Å². The van der Waals surface area contributed by atoms with Gasteiger partial charge in [-0.05, 0) is 58.2 Å². The van der Waals surface area contributed by atoms with Gasteiger partial charge >= 0.3 is 0 Å². The Bertz CT molecular complexity index is 645. The van der Waals surface area contributed by atoms with Crippen molar-refractivity contribution < 1.29 is 9.47 Å². The Morgan fingerprint density at radius 2 is 2.00 bits per heavy atom. The second kappa shape index (κ2) is 6.26. The van der Waals surface area contributed by atoms with Crippen molar-refractivity contribution in [2.24, 2.45) is 0 Å². The summed E-state index contributed by atoms with van der Waals surface area (Å²) in [4.78, 5) is 0. The number of hydrogen-bond donors (Lipinski definition) is 1. The Hall–Kier alpha value is -1.23. The molecule has 2 aromatic carbocycles. The summed E-state index contributed by atoms with van der Waals surface area (Å²) in [5.41, 5.74) is 2.35. The third-order valence-electron chi connectivity index (χ3n) is 3.47. The summed E-state index contributed by atoms with van der Waals surface area (Å²) in [6, 6.07) is 12.2. The molecular weight excluding hydrogens is 354 g/mol. The van der Waals surface area contributed by atoms with Crippen LogP contribution in [0.5, 0.6) is 11.5 Å². The maximum atomic E-state index is 5.91. The molecule has 5 heteroatoms. The first kappa shape index (κ1) is 14.7. The molecule has 0 unspecified atom stereocenters. The van der Waals surface area contributed by atoms with Crippen molar-refractivity contribution in [1.29, 1.82) is 0 Å². The minimum absolute atomic E-state index is 0.242. The van der Waals surface area contributed by atoms with E-state index in [0.717, 1.165) is 33.1 Å². The molecule has 0 amide bonds. The Kier molecular flexibility index (Phi) is 4.38. The smallest absolute Gasteiger partial charge is 0.231 e. The van der Waals surface area contributed by atoms with Gasteiger partial charge in [-0.15, -0.1) is 0 Å². The normalized spacial score (nSPS) is 14.2. The topological polar surface area (TPSA) is 30.5 Å². The first-order valence-corrected chi connectivity index (χ1v) is 7.87. The van der Waals surface area contributed by atoms with Crippen LogP contribution in [0.1, 0.15) is 24.1 Å². The van der Waals surface area contributed by atoms with Gasteiger partial charge in [-0.25, -0.2) is 0 Å². The molecule has 2 aromatic rings. The Morgan fingerprint density at radius 3 is 2.76 bits per heavy atom. The third kappa shape index (κ3) is 3.34. The van der Waals surface area contributed by atoms with E-state index < -0.39 is 0 Å². The fraction of sp³-hybridized carbons (Fsp3) is 0.250. The van der Waals surface area contributed by atoms with Gasteiger partial charge in [0.2, 0.25) is 6.79 Å². The van der Waals surface area contributed by atoms with E-state index in [0.29, 0.717) is 0 Å². The second-order valence-corrected chi connectivity index (χ2v) is 6.26. The van der Waals surface area contributed by atoms with E-state index in [1.54, 1.807) is 0 Å². The monoisotopic (exact) mass is 367 g/mol. The van der Waals surface area contributed by atoms with Gasteiger partial charge in [-0.2, -0.15) is 0 Å². The molecule has 0 aliphatic carbocycles. The number of fused-ring (bicyclic) bond motifs is 1. The second-order valence-electron chi connectivity index (χ2n) is 4.97. The van der Waals surface area contributed by atoms with Crippen molar-refractivity contribution in [2.75, 3.05) is 6.79 Å². The largest absolute Gasteiger partial charge is 0.454 e. The van der Waals surface area contributed by atoms with E-state index in [-0.39, 0.29) is 12.8 Å². The lowest BCUT2D eigenvalue weighted by atomic mass is 10.1. The molecule has 0 bridgehead atoms. The van der Waals surface area contributed by atoms with Gasteiger partial charge in [0.15, 0.2) is 11.5 Å². The maximum absolute atomic E-state index is 5.91. The van der Waals surface area contributed by atoms with Crippen molar-refractivity contribution >= 4 is 27.5 Å². The van der Waals surface area contributed by atoms with Crippen LogP contribution in [0.15, 0.2) is 40.9 Å². The molecule has 3 rings (SSSR count). The fourth-order valence-electron chi connectivity index (χ4n) is 2.26. The number of halogens is 2. The molecule has 3 nitrogen and oxygen atoms in total. The minimum Gasteiger partial charge on any atom is -0.454 e. The van der Waals surface area contributed by atoms with Crippen LogP contribution in [0.25, 0.3) is 0 Å². The van der Waals surface area contributed by atoms with E-state index in [4.69, 9.17) is 21.1 Å². The summed E-state index contributed by atoms with van der Waals surface area (Å²) in [5, 5.41) is 4.25. The van der Waals surface area contributed by atoms with Crippen LogP contribution >= 0.6 is 27.5 Å². The molecule has 21 heavy (non-hydrogen) atoms. The van der Waals surface area contributed by atoms with Gasteiger partial charge in [0.05, 0.1) is 4.47 Å². The van der Waals surface area contributed by atoms with Crippen LogP contribution in [-0.4, -0.2) is 6.79 Å². The van der Waals surface area contributed by atoms with Gasteiger partial charge < -0.3 is 14.8 Å². The molecule has 1 heterocycles. The summed E-state index contributed by atoms with van der Waals surface area (Å²) in [6.07, 6.45) is 0. The molecule has 0 fully saturated rings. The highest BCUT2D eigenvalue weighted by Crippen LogP contribution is 2.40. The van der Waals surface area contributed by atoms with Gasteiger partial charge in [0, 0.05) is 17.6 Å². The van der Waals surface area contributed by atoms with Crippen LogP contribution in [0.3, 0.4) is 0 Å². The van der Waals surface area contributed by atoms with Crippen molar-refractivity contribution in [3.8, 4) is 11.5 Å². The summed E-state index contributed by atoms with van der Waals surface area (Å²) in [7, 11) is 0. The molecule has 1 N–H and O–H groups in total. The summed E-state index contributed by atoms with van der Waals surface area (Å²) in [5.74, 6) is 1.57. The van der Waals surface area contributed by atoms with Crippen molar-refractivity contribution in [3.05, 3.63) is 57.0 Å². The predicted octanol–water partition coefficient (Wildman–Crippen LogP) is 4.68. The lowest BCUT2D eigenvalue weighted by Crippen LogP contribution is -2.18. The first-order chi connectivity index (χ1) is 10.1. The van der Waals surface area contributed by atoms with Crippen molar-refractivity contribution in [1.82, 2.24) is 5.32 Å². The number of benzene rings is 2. The van der Waals surface area contributed by atoms with E-state index >= 15 is 0 Å². The highest BCUT2D eigenvalue weighted by atomic mass is 79.9. The molecule has 0 aromatic heterocycles. The van der Waals surface area contributed by atoms with Crippen LogP contribution in [0.2, 0.25) is 5.02 Å². The summed E-state index contributed by atoms with van der Waals surface area (Å²) in [6.45, 7) is 3.16. The van der Waals surface area contributed by atoms with E-state index in [2.05, 4.69) is 34.2 Å². The zero-order valence-corrected chi connectivity index (χ0v) is 13.9. The quantitative estimate of drug-likeness (QED) is 0.850. The van der Waals surface area contributed by atoms with Gasteiger partial charge in [0.25, 0.3) is 0 Å². The third-order valence-corrected chi connectivity index (χ3v) is 4.31. The molecule has 110 valence electrons. The number of ether oxygens (including phenoxy) is 2. The molecule has 0 saturated carbocycles. The zero-order chi connectivity index (χ0) is 14.8. The van der Waals surface area contributed by atoms with Crippen LogP contribution in [0.4, 0.5) is 0 Å². The fourth-order valence-corrected chi connectivity index (χ4v) is 2.99. The maximum Gasteiger partial charge on any atom is 0.231 e. The number of hydrogen-bond acceptors (Lipinski definition) is 3. The minimum atomic E-state index is 0.242. The van der Waals surface area contributed by atoms with Crippen LogP contribution in [-0.2, 0) is 6.54 Å². The molecule has 0 saturated heterocycles. The Morgan fingerprint density at radius 1 is 1.24 bits per heavy atom. The lowest BCUT2D eigenvalue weighted by Gasteiger charge is -2.15. The van der Waals surface area contributed by atoms with Crippen LogP contribution < -0.4 is 14.8 Å². The molecule has 1 aliphatic rings. The molecule has 0 radical (unpaired) electrons. The number of nitrogens with one attached hydrogen (secondary N) is 1. The summed E-state index contributed by atoms with van der Waals surface area (Å²) < 4.78 is 11.7. The standard InChI is InChI=1S/C16H15BrClNO2/c1-10(12-2-4-13(18)5-3-12)19-8-11-6-14(17)16-15(7-11)20-9-21-16/h2-7,10,19H,8-9H2,1H3/t10-/m0/s1. The van der Waals surface area contributed by atoms with E-state index in [1.165, 1.54) is 5.56 Å². The van der Waals surface area contributed by atoms with Crippen molar-refractivity contribution in [2.45, 2.75) is 19.5 Å². The highest BCUT2D eigenvalue weighted by Gasteiger charge is 2.18. The molecule has 1 aliphatic heterocycles. The number of rotatable bonds is 4. The predicted molar refractivity (Wildman–Crippen MR) is 87.0 cm³/mol. The lowest BCUT2D eigenvalue weighted by molar-refractivity contribution is 0.173. The average Bonchev–Trinajstić information content (AvgIpc) is 2.94. The molecule has 0 spiro atoms. The van der Waals surface area contributed by atoms with E-state index in [9.17, 15) is 0 Å². The van der Waals surface area contributed by atoms with Gasteiger partial charge in [0.1, 0.15) is 0 Å². The van der Waals surface area contributed by atoms with Crippen LogP contribution in [0, 0.1) is 0 Å². The van der Waals surface area contributed by atoms with E-state index in [1.807, 2.05) is 30.3 Å². The van der Waals surface area contributed by atoms with Crippen molar-refractivity contribution in [3.63, 3.8) is 0 Å². The molecular formula is C16H15BrClNO2. The Balaban J connectivity index is 1.67. The SMILES string of the molecule is C[C@H](NCc1cc(Br)c2c(c1)OCO2)c1ccc(Cl)cc1. The molecule has 1 atom stereocenters.